The maximum absolute atomic E-state index is 15.6. The Balaban J connectivity index is 1.70. The van der Waals surface area contributed by atoms with Gasteiger partial charge in [-0.3, -0.25) is 4.79 Å². The van der Waals surface area contributed by atoms with E-state index in [9.17, 15) is 9.90 Å². The molecule has 2 heterocycles. The number of aliphatic hydroxyl groups is 1. The minimum absolute atomic E-state index is 0.128. The molecule has 1 aliphatic carbocycles. The summed E-state index contributed by atoms with van der Waals surface area (Å²) in [7, 11) is 1.36. The summed E-state index contributed by atoms with van der Waals surface area (Å²) in [5.41, 5.74) is 0. The van der Waals surface area contributed by atoms with Crippen molar-refractivity contribution < 1.29 is 38.0 Å². The minimum Gasteiger partial charge on any atom is -0.469 e. The molecule has 2 unspecified atom stereocenters. The fourth-order valence-corrected chi connectivity index (χ4v) is 5.78. The first-order chi connectivity index (χ1) is 19.0. The number of alkyl halides is 1. The van der Waals surface area contributed by atoms with Crippen molar-refractivity contribution >= 4 is 5.97 Å². The van der Waals surface area contributed by atoms with Crippen LogP contribution in [-0.2, 0) is 28.5 Å². The molecule has 3 aliphatic rings. The highest BCUT2D eigenvalue weighted by molar-refractivity contribution is 5.69. The monoisotopic (exact) mass is 554 g/mol. The number of carbonyl (C=O) groups excluding carboxylic acids is 1. The predicted octanol–water partition coefficient (Wildman–Crippen LogP) is 6.18. The van der Waals surface area contributed by atoms with Gasteiger partial charge in [0.1, 0.15) is 6.17 Å². The van der Waals surface area contributed by atoms with Crippen LogP contribution in [0.1, 0.15) is 96.8 Å². The van der Waals surface area contributed by atoms with E-state index in [1.807, 2.05) is 12.2 Å². The molecule has 1 N–H and O–H groups in total. The molecule has 7 nitrogen and oxygen atoms in total. The normalized spacial score (nSPS) is 31.6. The van der Waals surface area contributed by atoms with E-state index < -0.39 is 18.2 Å². The maximum atomic E-state index is 15.6. The van der Waals surface area contributed by atoms with Crippen molar-refractivity contribution in [3.8, 4) is 0 Å². The summed E-state index contributed by atoms with van der Waals surface area (Å²) < 4.78 is 44.6. The fourth-order valence-electron chi connectivity index (χ4n) is 5.78. The maximum Gasteiger partial charge on any atom is 0.305 e. The van der Waals surface area contributed by atoms with Gasteiger partial charge in [0.2, 0.25) is 0 Å². The Hall–Kier alpha value is -1.32. The van der Waals surface area contributed by atoms with Crippen LogP contribution >= 0.6 is 0 Å². The zero-order valence-electron chi connectivity index (χ0n) is 24.0. The quantitative estimate of drug-likeness (QED) is 0.139. The van der Waals surface area contributed by atoms with Crippen molar-refractivity contribution in [1.82, 2.24) is 0 Å². The van der Waals surface area contributed by atoms with Crippen LogP contribution in [0.15, 0.2) is 24.3 Å². The molecule has 3 fully saturated rings. The average Bonchev–Trinajstić information content (AvgIpc) is 3.26. The van der Waals surface area contributed by atoms with E-state index in [0.29, 0.717) is 32.3 Å². The minimum atomic E-state index is -1.34. The topological polar surface area (TPSA) is 83.5 Å². The van der Waals surface area contributed by atoms with Crippen LogP contribution in [0.3, 0.4) is 0 Å². The Bertz CT molecular complexity index is 732. The number of carbonyl (C=O) groups is 1. The molecule has 8 heteroatoms. The second-order valence-corrected chi connectivity index (χ2v) is 11.1. The first kappa shape index (κ1) is 32.2. The molecule has 0 aromatic rings. The molecule has 0 aromatic carbocycles. The van der Waals surface area contributed by atoms with Crippen molar-refractivity contribution in [2.75, 3.05) is 20.3 Å². The molecule has 0 spiro atoms. The molecular formula is C31H51FO7. The molecule has 224 valence electrons. The number of esters is 1. The molecule has 3 rings (SSSR count). The summed E-state index contributed by atoms with van der Waals surface area (Å²) in [5.74, 6) is -1.21. The Morgan fingerprint density at radius 3 is 2.46 bits per heavy atom. The molecule has 39 heavy (non-hydrogen) atoms. The summed E-state index contributed by atoms with van der Waals surface area (Å²) in [6.07, 6.45) is 16.1. The van der Waals surface area contributed by atoms with E-state index in [-0.39, 0.29) is 36.7 Å². The van der Waals surface area contributed by atoms with E-state index >= 15 is 4.39 Å². The number of aliphatic hydroxyl groups excluding tert-OH is 1. The van der Waals surface area contributed by atoms with Gasteiger partial charge in [0.25, 0.3) is 0 Å². The van der Waals surface area contributed by atoms with Crippen molar-refractivity contribution in [2.45, 2.75) is 134 Å². The zero-order valence-corrected chi connectivity index (χ0v) is 24.0. The van der Waals surface area contributed by atoms with Gasteiger partial charge in [-0.1, -0.05) is 50.5 Å². The molecule has 8 atom stereocenters. The van der Waals surface area contributed by atoms with E-state index in [1.165, 1.54) is 13.2 Å². The van der Waals surface area contributed by atoms with Gasteiger partial charge in [0, 0.05) is 37.9 Å². The molecule has 0 amide bonds. The Morgan fingerprint density at radius 2 is 1.79 bits per heavy atom. The second-order valence-electron chi connectivity index (χ2n) is 11.1. The average molecular weight is 555 g/mol. The molecule has 2 aliphatic heterocycles. The van der Waals surface area contributed by atoms with Gasteiger partial charge in [-0.25, -0.2) is 4.39 Å². The van der Waals surface area contributed by atoms with Gasteiger partial charge in [0.05, 0.1) is 25.4 Å². The third kappa shape index (κ3) is 11.2. The van der Waals surface area contributed by atoms with Gasteiger partial charge in [0.15, 0.2) is 12.6 Å². The van der Waals surface area contributed by atoms with Crippen LogP contribution in [0.2, 0.25) is 0 Å². The number of rotatable bonds is 16. The number of hydrogen-bond acceptors (Lipinski definition) is 7. The van der Waals surface area contributed by atoms with Crippen LogP contribution in [0.25, 0.3) is 0 Å². The smallest absolute Gasteiger partial charge is 0.305 e. The molecular weight excluding hydrogens is 503 g/mol. The summed E-state index contributed by atoms with van der Waals surface area (Å²) in [4.78, 5) is 11.3. The van der Waals surface area contributed by atoms with Gasteiger partial charge in [-0.2, -0.15) is 0 Å². The first-order valence-corrected chi connectivity index (χ1v) is 15.3. The van der Waals surface area contributed by atoms with Crippen LogP contribution in [0, 0.1) is 11.8 Å². The van der Waals surface area contributed by atoms with Crippen molar-refractivity contribution in [3.05, 3.63) is 24.3 Å². The van der Waals surface area contributed by atoms with Crippen molar-refractivity contribution in [1.29, 1.82) is 0 Å². The Labute approximate surface area is 234 Å². The SMILES string of the molecule is CCCCC[C@@H](C=C[C@@H]1[C@@H]([C@@H](F)C=CCCCC(=O)OC)[C@@H](O)C[C@H]1OC1CCCCO1)OC1CCCCO1. The lowest BCUT2D eigenvalue weighted by molar-refractivity contribution is -0.193. The van der Waals surface area contributed by atoms with E-state index in [0.717, 1.165) is 70.8 Å². The summed E-state index contributed by atoms with van der Waals surface area (Å²) in [6.45, 7) is 3.57. The van der Waals surface area contributed by atoms with Crippen molar-refractivity contribution in [2.24, 2.45) is 11.8 Å². The van der Waals surface area contributed by atoms with Crippen LogP contribution in [0.5, 0.6) is 0 Å². The highest BCUT2D eigenvalue weighted by Crippen LogP contribution is 2.41. The van der Waals surface area contributed by atoms with Gasteiger partial charge >= 0.3 is 5.97 Å². The lowest BCUT2D eigenvalue weighted by Crippen LogP contribution is -2.33. The third-order valence-corrected chi connectivity index (χ3v) is 8.03. The first-order valence-electron chi connectivity index (χ1n) is 15.3. The number of ether oxygens (including phenoxy) is 5. The van der Waals surface area contributed by atoms with Gasteiger partial charge in [-0.05, 0) is 57.8 Å². The number of allylic oxidation sites excluding steroid dienone is 2. The number of methoxy groups -OCH3 is 1. The zero-order chi connectivity index (χ0) is 27.9. The highest BCUT2D eigenvalue weighted by atomic mass is 19.1. The van der Waals surface area contributed by atoms with E-state index in [4.69, 9.17) is 18.9 Å². The van der Waals surface area contributed by atoms with Crippen LogP contribution in [-0.4, -0.2) is 68.5 Å². The van der Waals surface area contributed by atoms with Gasteiger partial charge < -0.3 is 28.8 Å². The van der Waals surface area contributed by atoms with Crippen LogP contribution in [0.4, 0.5) is 4.39 Å². The third-order valence-electron chi connectivity index (χ3n) is 8.03. The lowest BCUT2D eigenvalue weighted by atomic mass is 9.88. The van der Waals surface area contributed by atoms with Crippen LogP contribution < -0.4 is 0 Å². The second kappa shape index (κ2) is 18.2. The summed E-state index contributed by atoms with van der Waals surface area (Å²) in [6, 6.07) is 0. The van der Waals surface area contributed by atoms with Crippen molar-refractivity contribution in [3.63, 3.8) is 0 Å². The molecule has 0 radical (unpaired) electrons. The predicted molar refractivity (Wildman–Crippen MR) is 148 cm³/mol. The Kier molecular flexibility index (Phi) is 15.0. The number of unbranched alkanes of at least 4 members (excludes halogenated alkanes) is 3. The largest absolute Gasteiger partial charge is 0.469 e. The Morgan fingerprint density at radius 1 is 1.05 bits per heavy atom. The molecule has 2 saturated heterocycles. The molecule has 1 saturated carbocycles. The number of hydrogen-bond donors (Lipinski definition) is 1. The van der Waals surface area contributed by atoms with E-state index in [2.05, 4.69) is 11.7 Å². The summed E-state index contributed by atoms with van der Waals surface area (Å²) in [5, 5.41) is 11.0. The van der Waals surface area contributed by atoms with E-state index in [1.54, 1.807) is 6.08 Å². The molecule has 0 bridgehead atoms. The standard InChI is InChI=1S/C31H51FO7/c1-3-4-6-13-23(38-29-16-9-11-20-36-29)18-19-24-27(39-30-17-10-12-21-37-30)22-26(33)31(24)25(32)14-7-5-8-15-28(34)35-2/h7,14,18-19,23-27,29-31,33H,3-6,8-13,15-17,20-22H2,1-2H3/t23-,24-,25-,26-,27+,29?,30?,31-/m0/s1. The number of halogens is 1. The highest BCUT2D eigenvalue weighted by Gasteiger charge is 2.46. The fraction of sp³-hybridized carbons (Fsp3) is 0.839. The molecule has 0 aromatic heterocycles. The van der Waals surface area contributed by atoms with Gasteiger partial charge in [-0.15, -0.1) is 0 Å². The summed E-state index contributed by atoms with van der Waals surface area (Å²) >= 11 is 0. The lowest BCUT2D eigenvalue weighted by Gasteiger charge is -2.30.